The number of nitrogens with one attached hydrogen (secondary N) is 2. The molecule has 0 bridgehead atoms. The third-order valence-corrected chi connectivity index (χ3v) is 5.71. The number of hydrogen-bond acceptors (Lipinski definition) is 3. The van der Waals surface area contributed by atoms with E-state index in [1.54, 1.807) is 0 Å². The zero-order valence-electron chi connectivity index (χ0n) is 15.6. The molecule has 150 valence electrons. The smallest absolute Gasteiger partial charge is 0.261 e. The van der Waals surface area contributed by atoms with Crippen molar-refractivity contribution in [2.75, 3.05) is 13.2 Å². The molecular formula is C19H32F2N2O3. The van der Waals surface area contributed by atoms with Crippen LogP contribution in [0.5, 0.6) is 0 Å². The first kappa shape index (κ1) is 21.1. The first-order valence-electron chi connectivity index (χ1n) is 9.93. The van der Waals surface area contributed by atoms with Crippen LogP contribution in [0, 0.1) is 11.8 Å². The van der Waals surface area contributed by atoms with Crippen molar-refractivity contribution < 1.29 is 23.1 Å². The lowest BCUT2D eigenvalue weighted by Crippen LogP contribution is -2.46. The highest BCUT2D eigenvalue weighted by atomic mass is 19.3. The maximum Gasteiger partial charge on any atom is 0.261 e. The van der Waals surface area contributed by atoms with Gasteiger partial charge in [-0.15, -0.1) is 0 Å². The second kappa shape index (κ2) is 10.8. The highest BCUT2D eigenvalue weighted by Gasteiger charge is 2.29. The Morgan fingerprint density at radius 3 is 2.08 bits per heavy atom. The molecule has 2 aliphatic rings. The van der Waals surface area contributed by atoms with E-state index in [2.05, 4.69) is 22.3 Å². The van der Waals surface area contributed by atoms with Crippen LogP contribution in [0.2, 0.25) is 0 Å². The first-order valence-corrected chi connectivity index (χ1v) is 9.93. The summed E-state index contributed by atoms with van der Waals surface area (Å²) in [7, 11) is 0. The van der Waals surface area contributed by atoms with E-state index < -0.39 is 13.0 Å². The van der Waals surface area contributed by atoms with Crippen molar-refractivity contribution in [3.05, 3.63) is 0 Å². The molecule has 2 fully saturated rings. The van der Waals surface area contributed by atoms with Crippen molar-refractivity contribution in [3.63, 3.8) is 0 Å². The standard InChI is InChI=1S/C19H32F2N2O3/c1-2-13-3-5-14(6-4-13)19(25)23-16-9-7-15(8-10-16)22-18(24)12-26-11-17(20)21/h13-17H,2-12H2,1H3,(H,22,24)(H,23,25). The lowest BCUT2D eigenvalue weighted by molar-refractivity contribution is -0.129. The van der Waals surface area contributed by atoms with E-state index in [0.717, 1.165) is 57.3 Å². The lowest BCUT2D eigenvalue weighted by atomic mass is 9.80. The van der Waals surface area contributed by atoms with Crippen molar-refractivity contribution in [1.82, 2.24) is 10.6 Å². The molecule has 0 aromatic carbocycles. The molecule has 0 saturated heterocycles. The summed E-state index contributed by atoms with van der Waals surface area (Å²) in [6.07, 6.45) is 6.18. The molecule has 26 heavy (non-hydrogen) atoms. The minimum atomic E-state index is -2.56. The fourth-order valence-corrected chi connectivity index (χ4v) is 4.04. The predicted octanol–water partition coefficient (Wildman–Crippen LogP) is 3.03. The van der Waals surface area contributed by atoms with Gasteiger partial charge in [-0.1, -0.05) is 13.3 Å². The number of hydrogen-bond donors (Lipinski definition) is 2. The van der Waals surface area contributed by atoms with Crippen molar-refractivity contribution in [2.45, 2.75) is 83.2 Å². The zero-order chi connectivity index (χ0) is 18.9. The molecule has 2 N–H and O–H groups in total. The summed E-state index contributed by atoms with van der Waals surface area (Å²) in [5.74, 6) is 0.767. The van der Waals surface area contributed by atoms with E-state index in [4.69, 9.17) is 0 Å². The fourth-order valence-electron chi connectivity index (χ4n) is 4.04. The highest BCUT2D eigenvalue weighted by Crippen LogP contribution is 2.31. The van der Waals surface area contributed by atoms with Gasteiger partial charge in [0.05, 0.1) is 0 Å². The Morgan fingerprint density at radius 1 is 0.962 bits per heavy atom. The van der Waals surface area contributed by atoms with Crippen LogP contribution >= 0.6 is 0 Å². The van der Waals surface area contributed by atoms with E-state index in [-0.39, 0.29) is 36.4 Å². The molecule has 0 radical (unpaired) electrons. The lowest BCUT2D eigenvalue weighted by Gasteiger charge is -2.32. The average Bonchev–Trinajstić information content (AvgIpc) is 2.63. The maximum atomic E-state index is 12.4. The van der Waals surface area contributed by atoms with Crippen molar-refractivity contribution in [1.29, 1.82) is 0 Å². The van der Waals surface area contributed by atoms with E-state index in [0.29, 0.717) is 0 Å². The van der Waals surface area contributed by atoms with E-state index in [1.807, 2.05) is 0 Å². The van der Waals surface area contributed by atoms with E-state index in [9.17, 15) is 18.4 Å². The number of amides is 2. The number of carbonyl (C=O) groups excluding carboxylic acids is 2. The maximum absolute atomic E-state index is 12.4. The van der Waals surface area contributed by atoms with Gasteiger partial charge < -0.3 is 15.4 Å². The Bertz CT molecular complexity index is 446. The molecule has 0 aromatic rings. The summed E-state index contributed by atoms with van der Waals surface area (Å²) >= 11 is 0. The van der Waals surface area contributed by atoms with Crippen LogP contribution in [0.1, 0.15) is 64.7 Å². The largest absolute Gasteiger partial charge is 0.366 e. The molecule has 2 saturated carbocycles. The van der Waals surface area contributed by atoms with Crippen LogP contribution in [0.3, 0.4) is 0 Å². The van der Waals surface area contributed by atoms with Gasteiger partial charge in [-0.2, -0.15) is 0 Å². The Morgan fingerprint density at radius 2 is 1.54 bits per heavy atom. The number of alkyl halides is 2. The molecule has 7 heteroatoms. The molecule has 2 rings (SSSR count). The van der Waals surface area contributed by atoms with E-state index >= 15 is 0 Å². The molecule has 0 aliphatic heterocycles. The first-order chi connectivity index (χ1) is 12.5. The molecule has 0 unspecified atom stereocenters. The van der Waals surface area contributed by atoms with Crippen LogP contribution in [-0.2, 0) is 14.3 Å². The number of rotatable bonds is 8. The Kier molecular flexibility index (Phi) is 8.75. The minimum absolute atomic E-state index is 0.0331. The van der Waals surface area contributed by atoms with Gasteiger partial charge in [0.15, 0.2) is 0 Å². The van der Waals surface area contributed by atoms with Crippen molar-refractivity contribution >= 4 is 11.8 Å². The predicted molar refractivity (Wildman–Crippen MR) is 94.9 cm³/mol. The van der Waals surface area contributed by atoms with Gasteiger partial charge in [-0.05, 0) is 57.3 Å². The zero-order valence-corrected chi connectivity index (χ0v) is 15.6. The van der Waals surface area contributed by atoms with Crippen LogP contribution in [0.15, 0.2) is 0 Å². The second-order valence-electron chi connectivity index (χ2n) is 7.66. The van der Waals surface area contributed by atoms with Crippen LogP contribution in [0.4, 0.5) is 8.78 Å². The monoisotopic (exact) mass is 374 g/mol. The molecule has 0 atom stereocenters. The quantitative estimate of drug-likeness (QED) is 0.686. The second-order valence-corrected chi connectivity index (χ2v) is 7.66. The third-order valence-electron chi connectivity index (χ3n) is 5.71. The fraction of sp³-hybridized carbons (Fsp3) is 0.895. The molecule has 5 nitrogen and oxygen atoms in total. The van der Waals surface area contributed by atoms with Crippen LogP contribution in [0.25, 0.3) is 0 Å². The van der Waals surface area contributed by atoms with Gasteiger partial charge in [-0.3, -0.25) is 9.59 Å². The molecule has 0 spiro atoms. The van der Waals surface area contributed by atoms with Crippen LogP contribution < -0.4 is 10.6 Å². The van der Waals surface area contributed by atoms with Crippen molar-refractivity contribution in [2.24, 2.45) is 11.8 Å². The summed E-state index contributed by atoms with van der Waals surface area (Å²) in [5, 5.41) is 6.00. The van der Waals surface area contributed by atoms with E-state index in [1.165, 1.54) is 6.42 Å². The van der Waals surface area contributed by atoms with Gasteiger partial charge >= 0.3 is 0 Å². The molecule has 0 heterocycles. The minimum Gasteiger partial charge on any atom is -0.366 e. The number of carbonyl (C=O) groups is 2. The average molecular weight is 374 g/mol. The van der Waals surface area contributed by atoms with Gasteiger partial charge in [-0.25, -0.2) is 8.78 Å². The Balaban J connectivity index is 1.61. The Hall–Kier alpha value is -1.24. The summed E-state index contributed by atoms with van der Waals surface area (Å²) < 4.78 is 28.6. The number of ether oxygens (including phenoxy) is 1. The van der Waals surface area contributed by atoms with Gasteiger partial charge in [0.2, 0.25) is 11.8 Å². The van der Waals surface area contributed by atoms with Gasteiger partial charge in [0, 0.05) is 18.0 Å². The summed E-state index contributed by atoms with van der Waals surface area (Å²) in [4.78, 5) is 24.1. The highest BCUT2D eigenvalue weighted by molar-refractivity contribution is 5.79. The van der Waals surface area contributed by atoms with Crippen LogP contribution in [-0.4, -0.2) is 43.5 Å². The SMILES string of the molecule is CCC1CCC(C(=O)NC2CCC(NC(=O)COCC(F)F)CC2)CC1. The summed E-state index contributed by atoms with van der Waals surface area (Å²) in [6.45, 7) is 1.17. The number of halogens is 2. The molecule has 2 amide bonds. The molecule has 2 aliphatic carbocycles. The van der Waals surface area contributed by atoms with Crippen molar-refractivity contribution in [3.8, 4) is 0 Å². The topological polar surface area (TPSA) is 67.4 Å². The van der Waals surface area contributed by atoms with Gasteiger partial charge in [0.1, 0.15) is 13.2 Å². The Labute approximate surface area is 154 Å². The normalized spacial score (nSPS) is 29.4. The third kappa shape index (κ3) is 7.17. The molecular weight excluding hydrogens is 342 g/mol. The molecule has 0 aromatic heterocycles. The summed E-state index contributed by atoms with van der Waals surface area (Å²) in [6, 6.07) is 0.209. The van der Waals surface area contributed by atoms with Gasteiger partial charge in [0.25, 0.3) is 6.43 Å². The summed E-state index contributed by atoms with van der Waals surface area (Å²) in [5.41, 5.74) is 0.